The number of thioether (sulfide) groups is 1. The van der Waals surface area contributed by atoms with E-state index in [1.807, 2.05) is 31.2 Å². The molecular weight excluding hydrogens is 378 g/mol. The van der Waals surface area contributed by atoms with Gasteiger partial charge in [0, 0.05) is 20.1 Å². The van der Waals surface area contributed by atoms with E-state index in [-0.39, 0.29) is 23.6 Å². The van der Waals surface area contributed by atoms with Crippen LogP contribution in [0.25, 0.3) is 5.69 Å². The summed E-state index contributed by atoms with van der Waals surface area (Å²) in [7, 11) is 1.79. The second-order valence-electron chi connectivity index (χ2n) is 6.60. The molecule has 1 aliphatic heterocycles. The number of carbonyl (C=O) groups is 2. The molecule has 0 saturated carbocycles. The third-order valence-corrected chi connectivity index (χ3v) is 5.75. The summed E-state index contributed by atoms with van der Waals surface area (Å²) in [5, 5.41) is 4.11. The van der Waals surface area contributed by atoms with Gasteiger partial charge in [0.15, 0.2) is 0 Å². The molecule has 9 heteroatoms. The smallest absolute Gasteiger partial charge is 0.232 e. The number of hydrogen-bond donors (Lipinski definition) is 0. The molecule has 8 nitrogen and oxygen atoms in total. The van der Waals surface area contributed by atoms with Gasteiger partial charge in [0.2, 0.25) is 11.8 Å². The number of carbonyl (C=O) groups excluding carboxylic acids is 2. The number of rotatable bonds is 7. The summed E-state index contributed by atoms with van der Waals surface area (Å²) in [6, 6.07) is 7.82. The Kier molecular flexibility index (Phi) is 7.05. The van der Waals surface area contributed by atoms with E-state index in [9.17, 15) is 9.59 Å². The first kappa shape index (κ1) is 20.3. The SMILES string of the molecule is CC(c1ccc(-n2cncn2)cc1)N(C)C(=O)CSCC(=O)N1CCOCC1. The van der Waals surface area contributed by atoms with Crippen LogP contribution in [0.15, 0.2) is 36.9 Å². The maximum absolute atomic E-state index is 12.5. The number of morpholine rings is 1. The van der Waals surface area contributed by atoms with Crippen molar-refractivity contribution in [3.8, 4) is 5.69 Å². The standard InChI is InChI=1S/C19H25N5O3S/c1-15(16-3-5-17(6-4-16)24-14-20-13-21-24)22(2)18(25)11-28-12-19(26)23-7-9-27-10-8-23/h3-6,13-15H,7-12H2,1-2H3. The zero-order valence-electron chi connectivity index (χ0n) is 16.2. The molecule has 3 rings (SSSR count). The van der Waals surface area contributed by atoms with Gasteiger partial charge in [-0.2, -0.15) is 5.10 Å². The lowest BCUT2D eigenvalue weighted by atomic mass is 10.1. The summed E-state index contributed by atoms with van der Waals surface area (Å²) < 4.78 is 6.94. The third-order valence-electron chi connectivity index (χ3n) is 4.85. The highest BCUT2D eigenvalue weighted by Crippen LogP contribution is 2.21. The highest BCUT2D eigenvalue weighted by Gasteiger charge is 2.20. The van der Waals surface area contributed by atoms with E-state index in [0.717, 1.165) is 11.3 Å². The van der Waals surface area contributed by atoms with Crippen LogP contribution in [0.2, 0.25) is 0 Å². The average Bonchev–Trinajstić information content (AvgIpc) is 3.28. The number of aromatic nitrogens is 3. The van der Waals surface area contributed by atoms with Crippen LogP contribution in [-0.2, 0) is 14.3 Å². The average molecular weight is 404 g/mol. The predicted molar refractivity (Wildman–Crippen MR) is 107 cm³/mol. The van der Waals surface area contributed by atoms with Crippen LogP contribution in [0.5, 0.6) is 0 Å². The Bertz CT molecular complexity index is 775. The van der Waals surface area contributed by atoms with E-state index in [1.54, 1.807) is 27.9 Å². The molecule has 2 heterocycles. The van der Waals surface area contributed by atoms with Gasteiger partial charge < -0.3 is 14.5 Å². The highest BCUT2D eigenvalue weighted by molar-refractivity contribution is 8.00. The fraction of sp³-hybridized carbons (Fsp3) is 0.474. The predicted octanol–water partition coefficient (Wildman–Crippen LogP) is 1.38. The topological polar surface area (TPSA) is 80.6 Å². The molecule has 1 fully saturated rings. The van der Waals surface area contributed by atoms with Gasteiger partial charge >= 0.3 is 0 Å². The summed E-state index contributed by atoms with van der Waals surface area (Å²) in [6.07, 6.45) is 3.13. The van der Waals surface area contributed by atoms with Gasteiger partial charge in [-0.05, 0) is 24.6 Å². The molecule has 1 unspecified atom stereocenters. The van der Waals surface area contributed by atoms with E-state index in [4.69, 9.17) is 4.74 Å². The van der Waals surface area contributed by atoms with Gasteiger partial charge in [0.25, 0.3) is 0 Å². The van der Waals surface area contributed by atoms with Gasteiger partial charge in [-0.1, -0.05) is 12.1 Å². The molecule has 0 aliphatic carbocycles. The van der Waals surface area contributed by atoms with Crippen LogP contribution in [0.3, 0.4) is 0 Å². The Hall–Kier alpha value is -2.39. The molecule has 1 saturated heterocycles. The molecule has 1 aromatic carbocycles. The normalized spacial score (nSPS) is 15.3. The van der Waals surface area contributed by atoms with Crippen molar-refractivity contribution >= 4 is 23.6 Å². The monoisotopic (exact) mass is 403 g/mol. The van der Waals surface area contributed by atoms with E-state index < -0.39 is 0 Å². The lowest BCUT2D eigenvalue weighted by molar-refractivity contribution is -0.132. The van der Waals surface area contributed by atoms with Crippen molar-refractivity contribution in [1.82, 2.24) is 24.6 Å². The van der Waals surface area contributed by atoms with E-state index in [0.29, 0.717) is 32.1 Å². The minimum Gasteiger partial charge on any atom is -0.378 e. The first-order valence-electron chi connectivity index (χ1n) is 9.20. The third kappa shape index (κ3) is 5.11. The number of amides is 2. The Morgan fingerprint density at radius 3 is 2.57 bits per heavy atom. The number of ether oxygens (including phenoxy) is 1. The number of hydrogen-bond acceptors (Lipinski definition) is 6. The van der Waals surface area contributed by atoms with Gasteiger partial charge in [-0.15, -0.1) is 11.8 Å². The first-order valence-corrected chi connectivity index (χ1v) is 10.4. The summed E-state index contributed by atoms with van der Waals surface area (Å²) in [6.45, 7) is 4.44. The van der Waals surface area contributed by atoms with Gasteiger partial charge in [-0.25, -0.2) is 9.67 Å². The van der Waals surface area contributed by atoms with Crippen molar-refractivity contribution < 1.29 is 14.3 Å². The van der Waals surface area contributed by atoms with Crippen LogP contribution < -0.4 is 0 Å². The van der Waals surface area contributed by atoms with Crippen LogP contribution in [0.4, 0.5) is 0 Å². The highest BCUT2D eigenvalue weighted by atomic mass is 32.2. The molecule has 1 aromatic heterocycles. The first-order chi connectivity index (χ1) is 13.6. The van der Waals surface area contributed by atoms with Crippen LogP contribution in [0.1, 0.15) is 18.5 Å². The maximum Gasteiger partial charge on any atom is 0.232 e. The lowest BCUT2D eigenvalue weighted by Crippen LogP contribution is -2.41. The molecule has 0 spiro atoms. The number of benzene rings is 1. The molecule has 0 radical (unpaired) electrons. The summed E-state index contributed by atoms with van der Waals surface area (Å²) in [5.41, 5.74) is 1.95. The van der Waals surface area contributed by atoms with Gasteiger partial charge in [0.1, 0.15) is 12.7 Å². The quantitative estimate of drug-likeness (QED) is 0.695. The Labute approximate surface area is 168 Å². The van der Waals surface area contributed by atoms with E-state index >= 15 is 0 Å². The van der Waals surface area contributed by atoms with Gasteiger partial charge in [-0.3, -0.25) is 9.59 Å². The zero-order valence-corrected chi connectivity index (χ0v) is 17.0. The zero-order chi connectivity index (χ0) is 19.9. The molecule has 150 valence electrons. The molecule has 28 heavy (non-hydrogen) atoms. The second kappa shape index (κ2) is 9.70. The minimum atomic E-state index is -0.0622. The maximum atomic E-state index is 12.5. The van der Waals surface area contributed by atoms with Crippen molar-refractivity contribution in [2.75, 3.05) is 44.9 Å². The van der Waals surface area contributed by atoms with E-state index in [1.165, 1.54) is 18.1 Å². The van der Waals surface area contributed by atoms with Gasteiger partial charge in [0.05, 0.1) is 36.4 Å². The van der Waals surface area contributed by atoms with Crippen molar-refractivity contribution in [2.24, 2.45) is 0 Å². The largest absolute Gasteiger partial charge is 0.378 e. The lowest BCUT2D eigenvalue weighted by Gasteiger charge is -2.27. The van der Waals surface area contributed by atoms with Crippen molar-refractivity contribution in [2.45, 2.75) is 13.0 Å². The van der Waals surface area contributed by atoms with Crippen LogP contribution in [0, 0.1) is 0 Å². The van der Waals surface area contributed by atoms with Crippen LogP contribution in [-0.4, -0.2) is 81.2 Å². The molecule has 1 atom stereocenters. The van der Waals surface area contributed by atoms with Crippen molar-refractivity contribution in [3.63, 3.8) is 0 Å². The van der Waals surface area contributed by atoms with Crippen molar-refractivity contribution in [1.29, 1.82) is 0 Å². The Morgan fingerprint density at radius 2 is 1.93 bits per heavy atom. The molecule has 1 aliphatic rings. The fourth-order valence-electron chi connectivity index (χ4n) is 2.92. The summed E-state index contributed by atoms with van der Waals surface area (Å²) >= 11 is 1.36. The molecule has 0 bridgehead atoms. The molecular formula is C19H25N5O3S. The summed E-state index contributed by atoms with van der Waals surface area (Å²) in [5.74, 6) is 0.683. The molecule has 2 aromatic rings. The minimum absolute atomic E-state index is 0.00707. The van der Waals surface area contributed by atoms with E-state index in [2.05, 4.69) is 10.1 Å². The molecule has 2 amide bonds. The summed E-state index contributed by atoms with van der Waals surface area (Å²) in [4.78, 5) is 32.1. The fourth-order valence-corrected chi connectivity index (χ4v) is 3.76. The second-order valence-corrected chi connectivity index (χ2v) is 7.58. The van der Waals surface area contributed by atoms with Crippen LogP contribution >= 0.6 is 11.8 Å². The molecule has 0 N–H and O–H groups in total. The Balaban J connectivity index is 1.47. The number of nitrogens with zero attached hydrogens (tertiary/aromatic N) is 5. The Morgan fingerprint density at radius 1 is 1.21 bits per heavy atom. The van der Waals surface area contributed by atoms with Crippen molar-refractivity contribution in [3.05, 3.63) is 42.5 Å².